The lowest BCUT2D eigenvalue weighted by atomic mass is 9.87. The number of carbonyl (C=O) groups is 1. The molecule has 2 heterocycles. The molecule has 48 heavy (non-hydrogen) atoms. The zero-order valence-electron chi connectivity index (χ0n) is 27.3. The van der Waals surface area contributed by atoms with Crippen LogP contribution in [0.3, 0.4) is 0 Å². The second-order valence-electron chi connectivity index (χ2n) is 12.3. The fourth-order valence-corrected chi connectivity index (χ4v) is 5.92. The molecule has 2 N–H and O–H groups in total. The molecule has 0 saturated heterocycles. The van der Waals surface area contributed by atoms with Gasteiger partial charge in [-0.05, 0) is 94.6 Å². The van der Waals surface area contributed by atoms with Crippen LogP contribution in [0.1, 0.15) is 70.3 Å². The van der Waals surface area contributed by atoms with E-state index in [1.807, 2.05) is 20.8 Å². The highest BCUT2D eigenvalue weighted by Gasteiger charge is 2.54. The van der Waals surface area contributed by atoms with Crippen molar-refractivity contribution >= 4 is 34.0 Å². The van der Waals surface area contributed by atoms with Crippen LogP contribution in [0.25, 0.3) is 16.6 Å². The molecular weight excluding hydrogens is 630 g/mol. The van der Waals surface area contributed by atoms with Crippen molar-refractivity contribution in [3.05, 3.63) is 93.8 Å². The summed E-state index contributed by atoms with van der Waals surface area (Å²) in [5, 5.41) is 17.2. The topological polar surface area (TPSA) is 109 Å². The van der Waals surface area contributed by atoms with Crippen molar-refractivity contribution < 1.29 is 32.3 Å². The Hall–Kier alpha value is -4.94. The zero-order chi connectivity index (χ0) is 35.0. The first-order chi connectivity index (χ1) is 22.6. The number of aryl methyl sites for hydroxylation is 1. The molecule has 5 rings (SSSR count). The Balaban J connectivity index is 1.46. The molecule has 1 aliphatic heterocycles. The zero-order valence-corrected chi connectivity index (χ0v) is 27.3. The molecule has 2 atom stereocenters. The van der Waals surface area contributed by atoms with Gasteiger partial charge < -0.3 is 20.2 Å². The molecule has 3 aromatic carbocycles. The van der Waals surface area contributed by atoms with Crippen LogP contribution in [0.4, 0.5) is 28.9 Å². The van der Waals surface area contributed by atoms with Crippen LogP contribution >= 0.6 is 0 Å². The number of benzene rings is 3. The van der Waals surface area contributed by atoms with Crippen LogP contribution < -0.4 is 15.8 Å². The van der Waals surface area contributed by atoms with Gasteiger partial charge in [-0.15, -0.1) is 0 Å². The van der Waals surface area contributed by atoms with Gasteiger partial charge >= 0.3 is 12.1 Å². The third-order valence-electron chi connectivity index (χ3n) is 9.31. The Morgan fingerprint density at radius 2 is 1.79 bits per heavy atom. The number of halogens is 4. The summed E-state index contributed by atoms with van der Waals surface area (Å²) in [6, 6.07) is 14.1. The summed E-state index contributed by atoms with van der Waals surface area (Å²) < 4.78 is 55.5. The molecule has 4 aromatic rings. The number of carboxylic acid groups (broad SMARTS) is 1. The fourth-order valence-electron chi connectivity index (χ4n) is 5.92. The Kier molecular flexibility index (Phi) is 9.26. The van der Waals surface area contributed by atoms with Crippen molar-refractivity contribution in [2.24, 2.45) is 5.16 Å². The van der Waals surface area contributed by atoms with Gasteiger partial charge in [0.2, 0.25) is 0 Å². The molecule has 0 saturated carbocycles. The van der Waals surface area contributed by atoms with Gasteiger partial charge in [0.05, 0.1) is 39.2 Å². The number of nitrogens with one attached hydrogen (secondary N) is 1. The van der Waals surface area contributed by atoms with Crippen molar-refractivity contribution in [3.63, 3.8) is 0 Å². The first kappa shape index (κ1) is 34.4. The van der Waals surface area contributed by atoms with Gasteiger partial charge in [-0.3, -0.25) is 14.2 Å². The summed E-state index contributed by atoms with van der Waals surface area (Å²) >= 11 is 0. The molecular formula is C35H37F4N5O4. The maximum atomic E-state index is 13.7. The van der Waals surface area contributed by atoms with Crippen LogP contribution in [0, 0.1) is 5.82 Å². The first-order valence-corrected chi connectivity index (χ1v) is 15.6. The highest BCUT2D eigenvalue weighted by Crippen LogP contribution is 2.48. The number of nitrogens with zero attached hydrogens (tertiary/aromatic N) is 4. The summed E-state index contributed by atoms with van der Waals surface area (Å²) in [5.41, 5.74) is -0.205. The normalized spacial score (nSPS) is 17.6. The molecule has 0 spiro atoms. The van der Waals surface area contributed by atoms with Gasteiger partial charge in [-0.1, -0.05) is 18.1 Å². The van der Waals surface area contributed by atoms with E-state index in [0.717, 1.165) is 12.1 Å². The van der Waals surface area contributed by atoms with Gasteiger partial charge in [-0.25, -0.2) is 9.37 Å². The van der Waals surface area contributed by atoms with Gasteiger partial charge in [0.1, 0.15) is 11.6 Å². The minimum absolute atomic E-state index is 0.0180. The second kappa shape index (κ2) is 12.9. The van der Waals surface area contributed by atoms with E-state index in [1.54, 1.807) is 37.1 Å². The summed E-state index contributed by atoms with van der Waals surface area (Å²) in [4.78, 5) is 37.5. The summed E-state index contributed by atoms with van der Waals surface area (Å²) in [5.74, 6) is -0.959. The van der Waals surface area contributed by atoms with E-state index in [9.17, 15) is 27.2 Å². The molecule has 0 fully saturated rings. The second-order valence-corrected chi connectivity index (χ2v) is 12.3. The molecule has 9 nitrogen and oxygen atoms in total. The van der Waals surface area contributed by atoms with E-state index in [0.29, 0.717) is 70.7 Å². The molecule has 254 valence electrons. The third-order valence-corrected chi connectivity index (χ3v) is 9.31. The number of hydrogen-bond donors (Lipinski definition) is 2. The monoisotopic (exact) mass is 667 g/mol. The van der Waals surface area contributed by atoms with E-state index < -0.39 is 34.8 Å². The van der Waals surface area contributed by atoms with E-state index >= 15 is 0 Å². The lowest BCUT2D eigenvalue weighted by Gasteiger charge is -2.46. The Morgan fingerprint density at radius 3 is 2.44 bits per heavy atom. The number of fused-ring (bicyclic) bond motifs is 2. The largest absolute Gasteiger partial charge is 0.481 e. The molecule has 0 aliphatic carbocycles. The number of oxime groups is 1. The number of aromatic nitrogens is 2. The predicted octanol–water partition coefficient (Wildman–Crippen LogP) is 7.53. The molecule has 1 unspecified atom stereocenters. The first-order valence-electron chi connectivity index (χ1n) is 15.6. The summed E-state index contributed by atoms with van der Waals surface area (Å²) in [6.07, 6.45) is -2.87. The van der Waals surface area contributed by atoms with E-state index in [2.05, 4.69) is 10.5 Å². The molecule has 1 aromatic heterocycles. The lowest BCUT2D eigenvalue weighted by molar-refractivity contribution is -0.138. The number of unbranched alkanes of at least 4 members (excludes halogenated alkanes) is 1. The summed E-state index contributed by atoms with van der Waals surface area (Å²) in [7, 11) is 1.71. The van der Waals surface area contributed by atoms with E-state index in [-0.39, 0.29) is 12.0 Å². The SMILES string of the molecule is CC[C@@](C)(O/N=C(\C)c1ccc2c(=O)n(-c3ccc(F)cc3)c(CCCCC(=O)O)nc2c1)C1(C)Nc2ccc(C(F)(F)F)cc2N1C. The molecule has 0 radical (unpaired) electrons. The van der Waals surface area contributed by atoms with Crippen molar-refractivity contribution in [1.82, 2.24) is 9.55 Å². The van der Waals surface area contributed by atoms with Gasteiger partial charge in [0.15, 0.2) is 11.3 Å². The standard InChI is InChI=1S/C35H37F4N5O4/c1-6-33(3,34(4)41-27-18-12-23(35(37,38)39)20-29(27)43(34)5)48-42-21(2)22-11-17-26-28(19-22)40-30(9-7-8-10-31(45)46)44(32(26)47)25-15-13-24(36)14-16-25/h11-20,41H,6-10H2,1-5H3,(H,45,46)/b42-21+/t33-,34?/m1/s1. The smallest absolute Gasteiger partial charge is 0.416 e. The van der Waals surface area contributed by atoms with Crippen LogP contribution in [0.5, 0.6) is 0 Å². The maximum Gasteiger partial charge on any atom is 0.416 e. The van der Waals surface area contributed by atoms with Crippen molar-refractivity contribution in [3.8, 4) is 5.69 Å². The van der Waals surface area contributed by atoms with Crippen LogP contribution in [0.2, 0.25) is 0 Å². The highest BCUT2D eigenvalue weighted by molar-refractivity contribution is 6.01. The minimum Gasteiger partial charge on any atom is -0.481 e. The highest BCUT2D eigenvalue weighted by atomic mass is 19.4. The van der Waals surface area contributed by atoms with Gasteiger partial charge in [-0.2, -0.15) is 13.2 Å². The fraction of sp³-hybridized carbons (Fsp3) is 0.371. The van der Waals surface area contributed by atoms with Crippen molar-refractivity contribution in [2.45, 2.75) is 77.2 Å². The third kappa shape index (κ3) is 6.45. The molecule has 13 heteroatoms. The number of alkyl halides is 3. The number of hydrogen-bond acceptors (Lipinski definition) is 7. The number of carboxylic acids is 1. The van der Waals surface area contributed by atoms with E-state index in [1.165, 1.54) is 34.9 Å². The van der Waals surface area contributed by atoms with Crippen LogP contribution in [0.15, 0.2) is 70.6 Å². The molecule has 0 bridgehead atoms. The predicted molar refractivity (Wildman–Crippen MR) is 176 cm³/mol. The number of likely N-dealkylation sites (N-methyl/N-ethyl adjacent to an activating group) is 1. The Morgan fingerprint density at radius 1 is 1.08 bits per heavy atom. The van der Waals surface area contributed by atoms with Gasteiger partial charge in [0, 0.05) is 25.5 Å². The summed E-state index contributed by atoms with van der Waals surface area (Å²) in [6.45, 7) is 7.32. The van der Waals surface area contributed by atoms with Gasteiger partial charge in [0.25, 0.3) is 5.56 Å². The average molecular weight is 668 g/mol. The Bertz CT molecular complexity index is 1940. The minimum atomic E-state index is -4.48. The van der Waals surface area contributed by atoms with Crippen LogP contribution in [-0.2, 0) is 22.2 Å². The quantitative estimate of drug-likeness (QED) is 0.0737. The van der Waals surface area contributed by atoms with Crippen LogP contribution in [-0.4, -0.2) is 44.7 Å². The number of anilines is 2. The Labute approximate surface area is 274 Å². The maximum absolute atomic E-state index is 13.7. The molecule has 0 amide bonds. The lowest BCUT2D eigenvalue weighted by Crippen LogP contribution is -2.63. The number of rotatable bonds is 11. The average Bonchev–Trinajstić information content (AvgIpc) is 3.31. The van der Waals surface area contributed by atoms with Crippen molar-refractivity contribution in [1.29, 1.82) is 0 Å². The van der Waals surface area contributed by atoms with E-state index in [4.69, 9.17) is 14.9 Å². The number of aliphatic carboxylic acids is 1. The molecule has 1 aliphatic rings. The van der Waals surface area contributed by atoms with Crippen molar-refractivity contribution in [2.75, 3.05) is 17.3 Å².